The second-order valence-corrected chi connectivity index (χ2v) is 5.45. The van der Waals surface area contributed by atoms with Crippen molar-refractivity contribution in [3.63, 3.8) is 0 Å². The average molecular weight is 281 g/mol. The molecule has 0 amide bonds. The first kappa shape index (κ1) is 15.3. The molecule has 4 heteroatoms. The number of hydrogen-bond acceptors (Lipinski definition) is 3. The van der Waals surface area contributed by atoms with Gasteiger partial charge in [-0.05, 0) is 37.9 Å². The van der Waals surface area contributed by atoms with Gasteiger partial charge in [0.25, 0.3) is 0 Å². The van der Waals surface area contributed by atoms with Crippen LogP contribution in [-0.2, 0) is 11.2 Å². The molecule has 112 valence electrons. The van der Waals surface area contributed by atoms with E-state index in [0.717, 1.165) is 12.8 Å². The molecule has 1 aromatic rings. The van der Waals surface area contributed by atoms with E-state index in [1.807, 2.05) is 19.2 Å². The summed E-state index contributed by atoms with van der Waals surface area (Å²) < 4.78 is 25.1. The van der Waals surface area contributed by atoms with Crippen molar-refractivity contribution in [2.75, 3.05) is 21.3 Å². The molecule has 0 aromatic heterocycles. The SMILES string of the molecule is CNC(Cc1cccc(OC)c1F)C1(OC)CCCC1. The Morgan fingerprint density at radius 1 is 1.30 bits per heavy atom. The molecule has 0 radical (unpaired) electrons. The third kappa shape index (κ3) is 2.81. The van der Waals surface area contributed by atoms with E-state index >= 15 is 0 Å². The fraction of sp³-hybridized carbons (Fsp3) is 0.625. The molecule has 0 heterocycles. The average Bonchev–Trinajstić information content (AvgIpc) is 2.96. The summed E-state index contributed by atoms with van der Waals surface area (Å²) in [5, 5.41) is 3.32. The van der Waals surface area contributed by atoms with E-state index in [9.17, 15) is 4.39 Å². The normalized spacial score (nSPS) is 19.0. The smallest absolute Gasteiger partial charge is 0.168 e. The molecule has 1 atom stereocenters. The van der Waals surface area contributed by atoms with Gasteiger partial charge in [0.15, 0.2) is 11.6 Å². The second-order valence-electron chi connectivity index (χ2n) is 5.45. The van der Waals surface area contributed by atoms with Gasteiger partial charge in [-0.25, -0.2) is 4.39 Å². The maximum absolute atomic E-state index is 14.3. The Morgan fingerprint density at radius 2 is 2.00 bits per heavy atom. The maximum atomic E-state index is 14.3. The van der Waals surface area contributed by atoms with Crippen LogP contribution in [-0.4, -0.2) is 32.9 Å². The molecular formula is C16H24FNO2. The highest BCUT2D eigenvalue weighted by Crippen LogP contribution is 2.37. The number of nitrogens with one attached hydrogen (secondary N) is 1. The summed E-state index contributed by atoms with van der Waals surface area (Å²) in [6.07, 6.45) is 5.01. The molecule has 1 aliphatic carbocycles. The summed E-state index contributed by atoms with van der Waals surface area (Å²) in [6.45, 7) is 0. The summed E-state index contributed by atoms with van der Waals surface area (Å²) in [4.78, 5) is 0. The molecule has 1 aromatic carbocycles. The highest BCUT2D eigenvalue weighted by Gasteiger charge is 2.41. The van der Waals surface area contributed by atoms with Gasteiger partial charge in [0, 0.05) is 13.2 Å². The first-order valence-electron chi connectivity index (χ1n) is 7.20. The van der Waals surface area contributed by atoms with Gasteiger partial charge in [-0.3, -0.25) is 0 Å². The maximum Gasteiger partial charge on any atom is 0.168 e. The lowest BCUT2D eigenvalue weighted by molar-refractivity contribution is -0.0338. The van der Waals surface area contributed by atoms with Crippen LogP contribution in [0.25, 0.3) is 0 Å². The van der Waals surface area contributed by atoms with Gasteiger partial charge in [-0.2, -0.15) is 0 Å². The fourth-order valence-electron chi connectivity index (χ4n) is 3.31. The standard InChI is InChI=1S/C16H24FNO2/c1-18-14(16(20-3)9-4-5-10-16)11-12-7-6-8-13(19-2)15(12)17/h6-8,14,18H,4-5,9-11H2,1-3H3. The molecule has 0 aliphatic heterocycles. The lowest BCUT2D eigenvalue weighted by Gasteiger charge is -2.36. The van der Waals surface area contributed by atoms with Crippen molar-refractivity contribution in [2.45, 2.75) is 43.7 Å². The van der Waals surface area contributed by atoms with E-state index in [-0.39, 0.29) is 17.5 Å². The Bertz CT molecular complexity index is 444. The van der Waals surface area contributed by atoms with E-state index in [1.54, 1.807) is 13.2 Å². The van der Waals surface area contributed by atoms with Crippen molar-refractivity contribution >= 4 is 0 Å². The molecule has 3 nitrogen and oxygen atoms in total. The number of rotatable bonds is 6. The summed E-state index contributed by atoms with van der Waals surface area (Å²) in [7, 11) is 5.17. The predicted molar refractivity (Wildman–Crippen MR) is 77.7 cm³/mol. The van der Waals surface area contributed by atoms with E-state index < -0.39 is 0 Å². The molecule has 20 heavy (non-hydrogen) atoms. The number of halogens is 1. The molecule has 0 bridgehead atoms. The molecular weight excluding hydrogens is 257 g/mol. The lowest BCUT2D eigenvalue weighted by atomic mass is 9.87. The van der Waals surface area contributed by atoms with Gasteiger partial charge < -0.3 is 14.8 Å². The first-order valence-corrected chi connectivity index (χ1v) is 7.20. The fourth-order valence-corrected chi connectivity index (χ4v) is 3.31. The molecule has 0 saturated heterocycles. The molecule has 1 aliphatic rings. The van der Waals surface area contributed by atoms with Crippen molar-refractivity contribution < 1.29 is 13.9 Å². The van der Waals surface area contributed by atoms with Gasteiger partial charge >= 0.3 is 0 Å². The lowest BCUT2D eigenvalue weighted by Crippen LogP contribution is -2.50. The van der Waals surface area contributed by atoms with Crippen LogP contribution in [0.5, 0.6) is 5.75 Å². The van der Waals surface area contributed by atoms with Gasteiger partial charge in [0.2, 0.25) is 0 Å². The van der Waals surface area contributed by atoms with Crippen molar-refractivity contribution in [1.29, 1.82) is 0 Å². The van der Waals surface area contributed by atoms with E-state index in [1.165, 1.54) is 20.0 Å². The zero-order chi connectivity index (χ0) is 14.6. The van der Waals surface area contributed by atoms with Crippen LogP contribution in [0.2, 0.25) is 0 Å². The van der Waals surface area contributed by atoms with Crippen LogP contribution >= 0.6 is 0 Å². The zero-order valence-corrected chi connectivity index (χ0v) is 12.5. The largest absolute Gasteiger partial charge is 0.494 e. The molecule has 1 N–H and O–H groups in total. The Labute approximate surface area is 120 Å². The molecule has 1 unspecified atom stereocenters. The number of ether oxygens (including phenoxy) is 2. The van der Waals surface area contributed by atoms with E-state index in [2.05, 4.69) is 5.32 Å². The van der Waals surface area contributed by atoms with Gasteiger partial charge in [0.1, 0.15) is 0 Å². The third-order valence-electron chi connectivity index (χ3n) is 4.53. The van der Waals surface area contributed by atoms with Crippen LogP contribution in [0.15, 0.2) is 18.2 Å². The van der Waals surface area contributed by atoms with Gasteiger partial charge in [-0.15, -0.1) is 0 Å². The van der Waals surface area contributed by atoms with Crippen LogP contribution in [0.1, 0.15) is 31.2 Å². The minimum atomic E-state index is -0.264. The van der Waals surface area contributed by atoms with Crippen LogP contribution in [0.4, 0.5) is 4.39 Å². The highest BCUT2D eigenvalue weighted by molar-refractivity contribution is 5.32. The Morgan fingerprint density at radius 3 is 2.55 bits per heavy atom. The minimum absolute atomic E-state index is 0.108. The quantitative estimate of drug-likeness (QED) is 0.869. The van der Waals surface area contributed by atoms with Crippen LogP contribution in [0, 0.1) is 5.82 Å². The number of methoxy groups -OCH3 is 2. The second kappa shape index (κ2) is 6.55. The van der Waals surface area contributed by atoms with Crippen LogP contribution in [0.3, 0.4) is 0 Å². The summed E-state index contributed by atoms with van der Waals surface area (Å²) in [6, 6.07) is 5.41. The predicted octanol–water partition coefficient (Wildman–Crippen LogP) is 2.92. The monoisotopic (exact) mass is 281 g/mol. The Balaban J connectivity index is 2.22. The third-order valence-corrected chi connectivity index (χ3v) is 4.53. The molecule has 0 spiro atoms. The van der Waals surface area contributed by atoms with E-state index in [4.69, 9.17) is 9.47 Å². The number of hydrogen-bond donors (Lipinski definition) is 1. The van der Waals surface area contributed by atoms with Gasteiger partial charge in [0.05, 0.1) is 12.7 Å². The zero-order valence-electron chi connectivity index (χ0n) is 12.5. The Kier molecular flexibility index (Phi) is 5.00. The first-order chi connectivity index (χ1) is 9.66. The minimum Gasteiger partial charge on any atom is -0.494 e. The summed E-state index contributed by atoms with van der Waals surface area (Å²) in [5.41, 5.74) is 0.497. The highest BCUT2D eigenvalue weighted by atomic mass is 19.1. The van der Waals surface area contributed by atoms with Crippen molar-refractivity contribution in [3.8, 4) is 5.75 Å². The Hall–Kier alpha value is -1.13. The van der Waals surface area contributed by atoms with E-state index in [0.29, 0.717) is 17.7 Å². The van der Waals surface area contributed by atoms with Gasteiger partial charge in [-0.1, -0.05) is 25.0 Å². The van der Waals surface area contributed by atoms with Crippen molar-refractivity contribution in [1.82, 2.24) is 5.32 Å². The molecule has 1 fully saturated rings. The molecule has 1 saturated carbocycles. The number of benzene rings is 1. The summed E-state index contributed by atoms with van der Waals surface area (Å²) >= 11 is 0. The molecule has 2 rings (SSSR count). The van der Waals surface area contributed by atoms with Crippen LogP contribution < -0.4 is 10.1 Å². The number of likely N-dealkylation sites (N-methyl/N-ethyl adjacent to an activating group) is 1. The van der Waals surface area contributed by atoms with Crippen molar-refractivity contribution in [2.24, 2.45) is 0 Å². The van der Waals surface area contributed by atoms with Crippen molar-refractivity contribution in [3.05, 3.63) is 29.6 Å². The summed E-state index contributed by atoms with van der Waals surface area (Å²) in [5.74, 6) is 0.0368. The topological polar surface area (TPSA) is 30.5 Å².